The first-order valence-electron chi connectivity index (χ1n) is 5.97. The van der Waals surface area contributed by atoms with E-state index in [0.29, 0.717) is 24.5 Å². The summed E-state index contributed by atoms with van der Waals surface area (Å²) in [6.07, 6.45) is 1.66. The van der Waals surface area contributed by atoms with Crippen LogP contribution >= 0.6 is 0 Å². The van der Waals surface area contributed by atoms with Gasteiger partial charge in [0.05, 0.1) is 17.8 Å². The highest BCUT2D eigenvalue weighted by molar-refractivity contribution is 5.94. The molecule has 0 aromatic carbocycles. The molecular weight excluding hydrogens is 232 g/mol. The minimum atomic E-state index is -0.0203. The molecule has 6 nitrogen and oxygen atoms in total. The molecule has 0 bridgehead atoms. The van der Waals surface area contributed by atoms with E-state index in [1.54, 1.807) is 17.0 Å². The molecule has 0 radical (unpaired) electrons. The molecule has 3 N–H and O–H groups in total. The summed E-state index contributed by atoms with van der Waals surface area (Å²) in [5, 5.41) is 0. The second-order valence-corrected chi connectivity index (χ2v) is 4.54. The van der Waals surface area contributed by atoms with Gasteiger partial charge < -0.3 is 15.1 Å². The first kappa shape index (κ1) is 12.8. The predicted octanol–water partition coefficient (Wildman–Crippen LogP) is 0.617. The second kappa shape index (κ2) is 5.32. The maximum absolute atomic E-state index is 12.3. The third-order valence-corrected chi connectivity index (χ3v) is 2.87. The van der Waals surface area contributed by atoms with Crippen molar-refractivity contribution in [1.29, 1.82) is 0 Å². The van der Waals surface area contributed by atoms with Crippen LogP contribution < -0.4 is 11.3 Å². The molecule has 98 valence electrons. The van der Waals surface area contributed by atoms with Crippen LogP contribution in [0.3, 0.4) is 0 Å². The van der Waals surface area contributed by atoms with Crippen molar-refractivity contribution >= 4 is 11.7 Å². The van der Waals surface area contributed by atoms with Gasteiger partial charge in [-0.1, -0.05) is 0 Å². The van der Waals surface area contributed by atoms with Gasteiger partial charge in [-0.2, -0.15) is 0 Å². The van der Waals surface area contributed by atoms with Crippen LogP contribution in [0.5, 0.6) is 0 Å². The zero-order chi connectivity index (χ0) is 13.1. The molecule has 0 spiro atoms. The maximum Gasteiger partial charge on any atom is 0.255 e. The van der Waals surface area contributed by atoms with Crippen molar-refractivity contribution in [2.24, 2.45) is 5.84 Å². The van der Waals surface area contributed by atoms with Gasteiger partial charge in [0.2, 0.25) is 0 Å². The van der Waals surface area contributed by atoms with E-state index >= 15 is 0 Å². The first-order chi connectivity index (χ1) is 8.60. The molecule has 2 atom stereocenters. The van der Waals surface area contributed by atoms with Crippen LogP contribution in [0.2, 0.25) is 0 Å². The van der Waals surface area contributed by atoms with Crippen molar-refractivity contribution in [3.63, 3.8) is 0 Å². The van der Waals surface area contributed by atoms with E-state index in [1.165, 1.54) is 6.20 Å². The molecule has 1 fully saturated rings. The molecule has 1 saturated heterocycles. The normalized spacial score (nSPS) is 23.8. The smallest absolute Gasteiger partial charge is 0.255 e. The number of hydrogen-bond acceptors (Lipinski definition) is 5. The molecule has 0 saturated carbocycles. The Kier molecular flexibility index (Phi) is 3.78. The number of amides is 1. The van der Waals surface area contributed by atoms with E-state index in [4.69, 9.17) is 10.6 Å². The summed E-state index contributed by atoms with van der Waals surface area (Å²) >= 11 is 0. The predicted molar refractivity (Wildman–Crippen MR) is 68.0 cm³/mol. The average molecular weight is 250 g/mol. The maximum atomic E-state index is 12.3. The van der Waals surface area contributed by atoms with Gasteiger partial charge in [0.15, 0.2) is 0 Å². The third kappa shape index (κ3) is 2.77. The van der Waals surface area contributed by atoms with Gasteiger partial charge in [-0.15, -0.1) is 0 Å². The number of morpholine rings is 1. The Bertz CT molecular complexity index is 411. The van der Waals surface area contributed by atoms with Crippen LogP contribution in [-0.2, 0) is 4.74 Å². The lowest BCUT2D eigenvalue weighted by atomic mass is 10.2. The fraction of sp³-hybridized carbons (Fsp3) is 0.500. The number of hydrogen-bond donors (Lipinski definition) is 2. The fourth-order valence-electron chi connectivity index (χ4n) is 2.13. The lowest BCUT2D eigenvalue weighted by Crippen LogP contribution is -2.48. The lowest BCUT2D eigenvalue weighted by molar-refractivity contribution is -0.0586. The van der Waals surface area contributed by atoms with Gasteiger partial charge >= 0.3 is 0 Å². The fourth-order valence-corrected chi connectivity index (χ4v) is 2.13. The number of carbonyl (C=O) groups is 1. The molecule has 0 aliphatic carbocycles. The number of nitrogens with zero attached hydrogens (tertiary/aromatic N) is 2. The molecule has 1 amide bonds. The Morgan fingerprint density at radius 2 is 2.11 bits per heavy atom. The summed E-state index contributed by atoms with van der Waals surface area (Å²) in [5.41, 5.74) is 3.00. The van der Waals surface area contributed by atoms with E-state index in [1.807, 2.05) is 13.8 Å². The Balaban J connectivity index is 2.09. The number of anilines is 1. The van der Waals surface area contributed by atoms with Crippen molar-refractivity contribution < 1.29 is 9.53 Å². The third-order valence-electron chi connectivity index (χ3n) is 2.87. The molecule has 2 heterocycles. The van der Waals surface area contributed by atoms with Gasteiger partial charge in [0, 0.05) is 19.3 Å². The number of pyridine rings is 1. The molecule has 6 heteroatoms. The number of hydrazine groups is 1. The zero-order valence-electron chi connectivity index (χ0n) is 10.6. The summed E-state index contributed by atoms with van der Waals surface area (Å²) in [7, 11) is 0. The van der Waals surface area contributed by atoms with Crippen LogP contribution in [0.1, 0.15) is 24.2 Å². The van der Waals surface area contributed by atoms with Gasteiger partial charge in [-0.3, -0.25) is 4.79 Å². The Morgan fingerprint density at radius 3 is 2.61 bits per heavy atom. The quantitative estimate of drug-likeness (QED) is 0.594. The Hall–Kier alpha value is -1.66. The lowest BCUT2D eigenvalue weighted by Gasteiger charge is -2.35. The second-order valence-electron chi connectivity index (χ2n) is 4.54. The van der Waals surface area contributed by atoms with Crippen LogP contribution in [0.25, 0.3) is 0 Å². The van der Waals surface area contributed by atoms with Crippen LogP contribution in [0.15, 0.2) is 18.3 Å². The molecular formula is C12H18N4O2. The van der Waals surface area contributed by atoms with E-state index in [2.05, 4.69) is 10.4 Å². The molecule has 0 unspecified atom stereocenters. The Morgan fingerprint density at radius 1 is 1.44 bits per heavy atom. The number of ether oxygens (including phenoxy) is 1. The SMILES string of the molecule is C[C@@H]1CN(C(=O)c2ccc(NN)nc2)C[C@H](C)O1. The van der Waals surface area contributed by atoms with Crippen molar-refractivity contribution in [3.05, 3.63) is 23.9 Å². The van der Waals surface area contributed by atoms with Crippen LogP contribution in [0.4, 0.5) is 5.82 Å². The number of nitrogens with one attached hydrogen (secondary N) is 1. The van der Waals surface area contributed by atoms with Gasteiger partial charge in [-0.05, 0) is 26.0 Å². The zero-order valence-corrected chi connectivity index (χ0v) is 10.6. The Labute approximate surface area is 106 Å². The van der Waals surface area contributed by atoms with E-state index in [0.717, 1.165) is 0 Å². The highest BCUT2D eigenvalue weighted by Gasteiger charge is 2.26. The van der Waals surface area contributed by atoms with Crippen molar-refractivity contribution in [2.75, 3.05) is 18.5 Å². The number of rotatable bonds is 2. The largest absolute Gasteiger partial charge is 0.372 e. The molecule has 2 rings (SSSR count). The van der Waals surface area contributed by atoms with Crippen molar-refractivity contribution in [3.8, 4) is 0 Å². The van der Waals surface area contributed by atoms with Crippen LogP contribution in [-0.4, -0.2) is 41.1 Å². The van der Waals surface area contributed by atoms with Gasteiger partial charge in [0.25, 0.3) is 5.91 Å². The van der Waals surface area contributed by atoms with Crippen LogP contribution in [0, 0.1) is 0 Å². The number of carbonyl (C=O) groups excluding carboxylic acids is 1. The molecule has 1 aromatic heterocycles. The van der Waals surface area contributed by atoms with Gasteiger partial charge in [0.1, 0.15) is 5.82 Å². The first-order valence-corrected chi connectivity index (χ1v) is 5.97. The molecule has 1 aliphatic rings. The molecule has 1 aromatic rings. The number of nitrogens with two attached hydrogens (primary N) is 1. The summed E-state index contributed by atoms with van der Waals surface area (Å²) in [4.78, 5) is 18.1. The topological polar surface area (TPSA) is 80.5 Å². The van der Waals surface area contributed by atoms with Crippen molar-refractivity contribution in [2.45, 2.75) is 26.1 Å². The standard InChI is InChI=1S/C12H18N4O2/c1-8-6-16(7-9(2)18-8)12(17)10-3-4-11(15-13)14-5-10/h3-5,8-9H,6-7,13H2,1-2H3,(H,14,15)/t8-,9+. The van der Waals surface area contributed by atoms with Gasteiger partial charge in [-0.25, -0.2) is 10.8 Å². The summed E-state index contributed by atoms with van der Waals surface area (Å²) in [6, 6.07) is 3.40. The molecule has 18 heavy (non-hydrogen) atoms. The summed E-state index contributed by atoms with van der Waals surface area (Å²) in [5.74, 6) is 5.75. The average Bonchev–Trinajstić information content (AvgIpc) is 2.37. The highest BCUT2D eigenvalue weighted by Crippen LogP contribution is 2.14. The van der Waals surface area contributed by atoms with E-state index in [9.17, 15) is 4.79 Å². The van der Waals surface area contributed by atoms with Crippen molar-refractivity contribution in [1.82, 2.24) is 9.88 Å². The monoisotopic (exact) mass is 250 g/mol. The minimum Gasteiger partial charge on any atom is -0.372 e. The number of aromatic nitrogens is 1. The highest BCUT2D eigenvalue weighted by atomic mass is 16.5. The molecule has 1 aliphatic heterocycles. The summed E-state index contributed by atoms with van der Waals surface area (Å²) in [6.45, 7) is 5.16. The number of nitrogen functional groups attached to an aromatic ring is 1. The summed E-state index contributed by atoms with van der Waals surface area (Å²) < 4.78 is 5.60. The van der Waals surface area contributed by atoms with E-state index in [-0.39, 0.29) is 18.1 Å². The minimum absolute atomic E-state index is 0.0203. The van der Waals surface area contributed by atoms with E-state index < -0.39 is 0 Å².